The van der Waals surface area contributed by atoms with Crippen LogP contribution in [0.1, 0.15) is 36.5 Å². The number of nitrogens with one attached hydrogen (secondary N) is 2. The molecule has 7 heteroatoms. The van der Waals surface area contributed by atoms with Crippen LogP contribution < -0.4 is 14.8 Å². The Labute approximate surface area is 228 Å². The number of nitrogens with zero attached hydrogens (tertiary/aromatic N) is 1. The average molecular weight is 532 g/mol. The zero-order valence-electron chi connectivity index (χ0n) is 22.4. The van der Waals surface area contributed by atoms with E-state index in [1.54, 1.807) is 7.11 Å². The lowest BCUT2D eigenvalue weighted by molar-refractivity contribution is -0.123. The summed E-state index contributed by atoms with van der Waals surface area (Å²) in [6.07, 6.45) is 2.91. The van der Waals surface area contributed by atoms with Crippen molar-refractivity contribution < 1.29 is 14.3 Å². The average Bonchev–Trinajstić information content (AvgIpc) is 3.33. The van der Waals surface area contributed by atoms with Crippen molar-refractivity contribution in [2.24, 2.45) is 5.92 Å². The fourth-order valence-electron chi connectivity index (χ4n) is 4.67. The summed E-state index contributed by atoms with van der Waals surface area (Å²) in [6, 6.07) is 24.3. The molecule has 0 saturated carbocycles. The molecule has 0 aliphatic carbocycles. The molecule has 2 atom stereocenters. The molecule has 0 fully saturated rings. The molecule has 200 valence electrons. The van der Waals surface area contributed by atoms with Crippen LogP contribution in [0.5, 0.6) is 11.5 Å². The largest absolute Gasteiger partial charge is 0.496 e. The lowest BCUT2D eigenvalue weighted by Gasteiger charge is -2.25. The van der Waals surface area contributed by atoms with Gasteiger partial charge in [-0.25, -0.2) is 0 Å². The number of hydrogen-bond acceptors (Lipinski definition) is 4. The third-order valence-corrected chi connectivity index (χ3v) is 7.14. The molecule has 0 aliphatic rings. The number of para-hydroxylation sites is 2. The van der Waals surface area contributed by atoms with E-state index in [4.69, 9.17) is 9.47 Å². The molecule has 6 nitrogen and oxygen atoms in total. The number of aromatic amines is 1. The van der Waals surface area contributed by atoms with Crippen LogP contribution in [0.4, 0.5) is 0 Å². The van der Waals surface area contributed by atoms with E-state index < -0.39 is 0 Å². The first-order valence-electron chi connectivity index (χ1n) is 13.1. The summed E-state index contributed by atoms with van der Waals surface area (Å²) in [4.78, 5) is 16.1. The first-order valence-corrected chi connectivity index (χ1v) is 13.6. The van der Waals surface area contributed by atoms with Gasteiger partial charge >= 0.3 is 0 Å². The number of rotatable bonds is 13. The van der Waals surface area contributed by atoms with Crippen molar-refractivity contribution in [3.8, 4) is 11.5 Å². The Morgan fingerprint density at radius 2 is 1.74 bits per heavy atom. The Morgan fingerprint density at radius 1 is 1.00 bits per heavy atom. The van der Waals surface area contributed by atoms with E-state index >= 15 is 0 Å². The van der Waals surface area contributed by atoms with E-state index in [0.717, 1.165) is 36.3 Å². The molecule has 0 aliphatic heterocycles. The fraction of sp³-hybridized carbons (Fsp3) is 0.323. The highest BCUT2D eigenvalue weighted by atomic mass is 31.0. The van der Waals surface area contributed by atoms with Crippen LogP contribution in [-0.4, -0.2) is 42.4 Å². The molecule has 2 N–H and O–H groups in total. The minimum atomic E-state index is -0.123. The lowest BCUT2D eigenvalue weighted by atomic mass is 9.98. The predicted octanol–water partition coefficient (Wildman–Crippen LogP) is 5.95. The zero-order chi connectivity index (χ0) is 26.9. The van der Waals surface area contributed by atoms with Crippen LogP contribution in [0, 0.1) is 5.92 Å². The molecule has 2 unspecified atom stereocenters. The Morgan fingerprint density at radius 3 is 2.50 bits per heavy atom. The first-order chi connectivity index (χ1) is 18.4. The number of H-pyrrole nitrogens is 1. The second-order valence-corrected chi connectivity index (χ2v) is 10.7. The number of carbonyl (C=O) groups is 1. The smallest absolute Gasteiger partial charge is 0.257 e. The number of carbonyl (C=O) groups excluding carboxylic acids is 1. The van der Waals surface area contributed by atoms with Crippen molar-refractivity contribution in [2.75, 3.05) is 26.8 Å². The van der Waals surface area contributed by atoms with E-state index in [1.807, 2.05) is 48.5 Å². The highest BCUT2D eigenvalue weighted by Gasteiger charge is 2.18. The van der Waals surface area contributed by atoms with Gasteiger partial charge in [0.2, 0.25) is 0 Å². The van der Waals surface area contributed by atoms with Gasteiger partial charge in [-0.15, -0.1) is 0 Å². The summed E-state index contributed by atoms with van der Waals surface area (Å²) in [6.45, 7) is 6.35. The molecular formula is C31H38N3O3P. The van der Waals surface area contributed by atoms with E-state index in [2.05, 4.69) is 68.7 Å². The lowest BCUT2D eigenvalue weighted by Crippen LogP contribution is -2.37. The van der Waals surface area contributed by atoms with Gasteiger partial charge in [-0.3, -0.25) is 9.46 Å². The van der Waals surface area contributed by atoms with Gasteiger partial charge in [-0.2, -0.15) is 0 Å². The summed E-state index contributed by atoms with van der Waals surface area (Å²) in [5.41, 5.74) is 4.74. The third-order valence-electron chi connectivity index (χ3n) is 6.75. The van der Waals surface area contributed by atoms with Gasteiger partial charge < -0.3 is 19.8 Å². The molecule has 1 heterocycles. The summed E-state index contributed by atoms with van der Waals surface area (Å²) in [5, 5.41) is 4.32. The maximum Gasteiger partial charge on any atom is 0.257 e. The number of methoxy groups -OCH3 is 1. The van der Waals surface area contributed by atoms with Crippen molar-refractivity contribution in [1.82, 2.24) is 15.0 Å². The van der Waals surface area contributed by atoms with Gasteiger partial charge in [0.15, 0.2) is 6.61 Å². The monoisotopic (exact) mass is 531 g/mol. The topological polar surface area (TPSA) is 66.6 Å². The number of fused-ring (bicyclic) bond motifs is 1. The number of benzene rings is 3. The van der Waals surface area contributed by atoms with E-state index in [1.165, 1.54) is 16.5 Å². The van der Waals surface area contributed by atoms with E-state index in [-0.39, 0.29) is 18.4 Å². The Balaban J connectivity index is 1.38. The van der Waals surface area contributed by atoms with Crippen LogP contribution in [0.25, 0.3) is 10.9 Å². The quantitative estimate of drug-likeness (QED) is 0.209. The molecule has 3 aromatic carbocycles. The standard InChI is InChI=1S/C31H38N3O3P/c1-22(2)24-12-14-27(15-13-24)37-21-31(35)33-17-23(16-26-18-32-29-10-6-5-9-28(26)29)19-34(38)20-25-8-4-7-11-30(25)36-3/h4-15,18,22-23,32H,16-17,19-21,38H2,1-3H3,(H,33,35). The van der Waals surface area contributed by atoms with Crippen LogP contribution in [-0.2, 0) is 17.8 Å². The van der Waals surface area contributed by atoms with E-state index in [0.29, 0.717) is 18.2 Å². The second-order valence-electron chi connectivity index (χ2n) is 9.99. The zero-order valence-corrected chi connectivity index (χ0v) is 23.6. The van der Waals surface area contributed by atoms with Crippen molar-refractivity contribution in [1.29, 1.82) is 0 Å². The summed E-state index contributed by atoms with van der Waals surface area (Å²) < 4.78 is 13.5. The molecule has 1 amide bonds. The molecule has 4 rings (SSSR count). The number of ether oxygens (including phenoxy) is 2. The molecule has 4 aromatic rings. The maximum atomic E-state index is 12.7. The molecule has 0 radical (unpaired) electrons. The summed E-state index contributed by atoms with van der Waals surface area (Å²) in [7, 11) is 4.54. The molecule has 0 saturated heterocycles. The number of aromatic nitrogens is 1. The van der Waals surface area contributed by atoms with Crippen LogP contribution >= 0.6 is 9.39 Å². The van der Waals surface area contributed by atoms with Crippen LogP contribution in [0.15, 0.2) is 79.0 Å². The van der Waals surface area contributed by atoms with Crippen molar-refractivity contribution >= 4 is 26.2 Å². The van der Waals surface area contributed by atoms with Gasteiger partial charge in [0.1, 0.15) is 11.5 Å². The van der Waals surface area contributed by atoms with Crippen LogP contribution in [0.3, 0.4) is 0 Å². The molecule has 0 bridgehead atoms. The van der Waals surface area contributed by atoms with Crippen LogP contribution in [0.2, 0.25) is 0 Å². The van der Waals surface area contributed by atoms with Gasteiger partial charge in [-0.1, -0.05) is 71.8 Å². The Bertz CT molecular complexity index is 1320. The minimum Gasteiger partial charge on any atom is -0.496 e. The predicted molar refractivity (Wildman–Crippen MR) is 158 cm³/mol. The number of hydrogen-bond donors (Lipinski definition) is 2. The third kappa shape index (κ3) is 7.59. The van der Waals surface area contributed by atoms with Gasteiger partial charge in [0.05, 0.1) is 7.11 Å². The van der Waals surface area contributed by atoms with Crippen molar-refractivity contribution in [3.05, 3.63) is 95.7 Å². The van der Waals surface area contributed by atoms with E-state index in [9.17, 15) is 4.79 Å². The Kier molecular flexibility index (Phi) is 9.80. The van der Waals surface area contributed by atoms with Crippen molar-refractivity contribution in [3.63, 3.8) is 0 Å². The maximum absolute atomic E-state index is 12.7. The number of amides is 1. The highest BCUT2D eigenvalue weighted by Crippen LogP contribution is 2.25. The fourth-order valence-corrected chi connectivity index (χ4v) is 5.16. The summed E-state index contributed by atoms with van der Waals surface area (Å²) in [5.74, 6) is 2.10. The molecular weight excluding hydrogens is 493 g/mol. The normalized spacial score (nSPS) is 12.2. The van der Waals surface area contributed by atoms with Crippen molar-refractivity contribution in [2.45, 2.75) is 32.7 Å². The van der Waals surface area contributed by atoms with Gasteiger partial charge in [0, 0.05) is 42.3 Å². The molecule has 38 heavy (non-hydrogen) atoms. The summed E-state index contributed by atoms with van der Waals surface area (Å²) >= 11 is 0. The second kappa shape index (κ2) is 13.5. The van der Waals surface area contributed by atoms with Gasteiger partial charge in [0.25, 0.3) is 5.91 Å². The molecule has 0 spiro atoms. The van der Waals surface area contributed by atoms with Gasteiger partial charge in [-0.05, 0) is 53.6 Å². The molecule has 1 aromatic heterocycles. The Hall–Kier alpha value is -3.34. The highest BCUT2D eigenvalue weighted by molar-refractivity contribution is 7.13. The first kappa shape index (κ1) is 27.7. The SMILES string of the molecule is COc1ccccc1CN(P)CC(CNC(=O)COc1ccc(C(C)C)cc1)Cc1c[nH]c2ccccc12. The minimum absolute atomic E-state index is 0.00731.